The van der Waals surface area contributed by atoms with Gasteiger partial charge in [0.2, 0.25) is 0 Å². The summed E-state index contributed by atoms with van der Waals surface area (Å²) < 4.78 is 5.70. The topological polar surface area (TPSA) is 39.2 Å². The van der Waals surface area contributed by atoms with Crippen LogP contribution in [0, 0.1) is 0 Å². The van der Waals surface area contributed by atoms with Gasteiger partial charge in [-0.1, -0.05) is 12.8 Å². The van der Waals surface area contributed by atoms with Crippen LogP contribution in [0.25, 0.3) is 0 Å². The Kier molecular flexibility index (Phi) is 2.40. The van der Waals surface area contributed by atoms with Gasteiger partial charge in [0, 0.05) is 5.92 Å². The van der Waals surface area contributed by atoms with Crippen LogP contribution >= 0.6 is 0 Å². The molecular formula is C11H17NO. The van der Waals surface area contributed by atoms with Crippen LogP contribution in [0.15, 0.2) is 16.5 Å². The molecule has 0 radical (unpaired) electrons. The lowest BCUT2D eigenvalue weighted by atomic mass is 10.1. The van der Waals surface area contributed by atoms with Crippen LogP contribution in [0.5, 0.6) is 0 Å². The second-order valence-electron chi connectivity index (χ2n) is 4.01. The summed E-state index contributed by atoms with van der Waals surface area (Å²) in [5.74, 6) is 2.72. The molecule has 13 heavy (non-hydrogen) atoms. The molecule has 1 aromatic heterocycles. The Balaban J connectivity index is 2.12. The van der Waals surface area contributed by atoms with Gasteiger partial charge in [-0.2, -0.15) is 0 Å². The first-order valence-corrected chi connectivity index (χ1v) is 5.12. The van der Waals surface area contributed by atoms with E-state index in [0.29, 0.717) is 5.92 Å². The van der Waals surface area contributed by atoms with Crippen molar-refractivity contribution in [2.45, 2.75) is 44.6 Å². The molecule has 0 bridgehead atoms. The number of hydrogen-bond donors (Lipinski definition) is 1. The van der Waals surface area contributed by atoms with Gasteiger partial charge in [-0.3, -0.25) is 0 Å². The molecule has 1 aromatic rings. The van der Waals surface area contributed by atoms with Crippen LogP contribution < -0.4 is 5.73 Å². The summed E-state index contributed by atoms with van der Waals surface area (Å²) in [5.41, 5.74) is 5.73. The van der Waals surface area contributed by atoms with Gasteiger partial charge >= 0.3 is 0 Å². The van der Waals surface area contributed by atoms with Crippen LogP contribution in [-0.4, -0.2) is 0 Å². The zero-order valence-electron chi connectivity index (χ0n) is 8.12. The smallest absolute Gasteiger partial charge is 0.120 e. The molecule has 1 saturated carbocycles. The first-order valence-electron chi connectivity index (χ1n) is 5.12. The van der Waals surface area contributed by atoms with E-state index in [1.165, 1.54) is 25.7 Å². The lowest BCUT2D eigenvalue weighted by molar-refractivity contribution is 0.414. The predicted molar refractivity (Wildman–Crippen MR) is 52.5 cm³/mol. The fraction of sp³-hybridized carbons (Fsp3) is 0.636. The fourth-order valence-electron chi connectivity index (χ4n) is 2.04. The number of hydrogen-bond acceptors (Lipinski definition) is 2. The maximum absolute atomic E-state index is 5.73. The first-order chi connectivity index (χ1) is 6.27. The van der Waals surface area contributed by atoms with Crippen LogP contribution in [0.3, 0.4) is 0 Å². The highest BCUT2D eigenvalue weighted by Gasteiger charge is 2.20. The zero-order chi connectivity index (χ0) is 9.26. The molecule has 1 aliphatic carbocycles. The monoisotopic (exact) mass is 179 g/mol. The molecule has 72 valence electrons. The normalized spacial score (nSPS) is 20.8. The lowest BCUT2D eigenvalue weighted by Crippen LogP contribution is -2.02. The van der Waals surface area contributed by atoms with E-state index in [1.54, 1.807) is 0 Å². The molecular weight excluding hydrogens is 162 g/mol. The van der Waals surface area contributed by atoms with Crippen LogP contribution in [0.2, 0.25) is 0 Å². The second-order valence-corrected chi connectivity index (χ2v) is 4.01. The standard InChI is InChI=1S/C11H17NO/c1-8(12)10-6-7-11(13-10)9-4-2-3-5-9/h6-9H,2-5,12H2,1H3. The van der Waals surface area contributed by atoms with Gasteiger partial charge in [0.1, 0.15) is 11.5 Å². The third-order valence-electron chi connectivity index (χ3n) is 2.85. The minimum Gasteiger partial charge on any atom is -0.464 e. The maximum atomic E-state index is 5.73. The summed E-state index contributed by atoms with van der Waals surface area (Å²) in [6, 6.07) is 4.13. The SMILES string of the molecule is CC(N)c1ccc(C2CCCC2)o1. The fourth-order valence-corrected chi connectivity index (χ4v) is 2.04. The molecule has 1 atom stereocenters. The Hall–Kier alpha value is -0.760. The minimum atomic E-state index is 0.0233. The largest absolute Gasteiger partial charge is 0.464 e. The average molecular weight is 179 g/mol. The van der Waals surface area contributed by atoms with Gasteiger partial charge in [0.25, 0.3) is 0 Å². The Labute approximate surface area is 79.1 Å². The molecule has 2 heteroatoms. The highest BCUT2D eigenvalue weighted by atomic mass is 16.3. The third kappa shape index (κ3) is 1.78. The van der Waals surface area contributed by atoms with Crippen molar-refractivity contribution in [1.82, 2.24) is 0 Å². The summed E-state index contributed by atoms with van der Waals surface area (Å²) in [6.07, 6.45) is 5.26. The molecule has 1 unspecified atom stereocenters. The van der Waals surface area contributed by atoms with E-state index in [2.05, 4.69) is 6.07 Å². The second kappa shape index (κ2) is 3.54. The predicted octanol–water partition coefficient (Wildman–Crippen LogP) is 2.96. The van der Waals surface area contributed by atoms with Gasteiger partial charge in [-0.05, 0) is 31.9 Å². The molecule has 1 aliphatic rings. The Morgan fingerprint density at radius 2 is 2.08 bits per heavy atom. The summed E-state index contributed by atoms with van der Waals surface area (Å²) in [7, 11) is 0. The highest BCUT2D eigenvalue weighted by molar-refractivity contribution is 5.14. The summed E-state index contributed by atoms with van der Waals surface area (Å²) >= 11 is 0. The molecule has 1 heterocycles. The van der Waals surface area contributed by atoms with Crippen molar-refractivity contribution in [3.63, 3.8) is 0 Å². The minimum absolute atomic E-state index is 0.0233. The van der Waals surface area contributed by atoms with E-state index in [1.807, 2.05) is 13.0 Å². The van der Waals surface area contributed by atoms with Crippen molar-refractivity contribution < 1.29 is 4.42 Å². The Morgan fingerprint density at radius 3 is 2.62 bits per heavy atom. The van der Waals surface area contributed by atoms with Crippen molar-refractivity contribution >= 4 is 0 Å². The van der Waals surface area contributed by atoms with E-state index >= 15 is 0 Å². The van der Waals surface area contributed by atoms with Crippen LogP contribution in [0.1, 0.15) is 56.1 Å². The molecule has 0 amide bonds. The van der Waals surface area contributed by atoms with E-state index in [-0.39, 0.29) is 6.04 Å². The van der Waals surface area contributed by atoms with Crippen LogP contribution in [0.4, 0.5) is 0 Å². The van der Waals surface area contributed by atoms with Gasteiger partial charge in [0.15, 0.2) is 0 Å². The van der Waals surface area contributed by atoms with Gasteiger partial charge in [0.05, 0.1) is 6.04 Å². The highest BCUT2D eigenvalue weighted by Crippen LogP contribution is 2.35. The molecule has 2 N–H and O–H groups in total. The van der Waals surface area contributed by atoms with E-state index in [4.69, 9.17) is 10.2 Å². The van der Waals surface area contributed by atoms with Crippen molar-refractivity contribution in [3.05, 3.63) is 23.7 Å². The summed E-state index contributed by atoms with van der Waals surface area (Å²) in [4.78, 5) is 0. The molecule has 1 fully saturated rings. The quantitative estimate of drug-likeness (QED) is 0.758. The van der Waals surface area contributed by atoms with E-state index in [0.717, 1.165) is 11.5 Å². The Bertz CT molecular complexity index is 271. The van der Waals surface area contributed by atoms with E-state index in [9.17, 15) is 0 Å². The average Bonchev–Trinajstić information content (AvgIpc) is 2.75. The summed E-state index contributed by atoms with van der Waals surface area (Å²) in [5, 5.41) is 0. The van der Waals surface area contributed by atoms with Crippen molar-refractivity contribution in [1.29, 1.82) is 0 Å². The van der Waals surface area contributed by atoms with Gasteiger partial charge in [-0.15, -0.1) is 0 Å². The molecule has 0 aliphatic heterocycles. The molecule has 0 aromatic carbocycles. The van der Waals surface area contributed by atoms with Crippen molar-refractivity contribution in [2.75, 3.05) is 0 Å². The van der Waals surface area contributed by atoms with E-state index < -0.39 is 0 Å². The molecule has 2 rings (SSSR count). The van der Waals surface area contributed by atoms with Gasteiger partial charge in [-0.25, -0.2) is 0 Å². The van der Waals surface area contributed by atoms with Gasteiger partial charge < -0.3 is 10.2 Å². The Morgan fingerprint density at radius 1 is 1.38 bits per heavy atom. The number of rotatable bonds is 2. The molecule has 2 nitrogen and oxygen atoms in total. The first kappa shape index (κ1) is 8.82. The maximum Gasteiger partial charge on any atom is 0.120 e. The lowest BCUT2D eigenvalue weighted by Gasteiger charge is -2.05. The third-order valence-corrected chi connectivity index (χ3v) is 2.85. The molecule has 0 spiro atoms. The molecule has 0 saturated heterocycles. The van der Waals surface area contributed by atoms with Crippen LogP contribution in [-0.2, 0) is 0 Å². The van der Waals surface area contributed by atoms with Crippen molar-refractivity contribution in [3.8, 4) is 0 Å². The van der Waals surface area contributed by atoms with Crippen molar-refractivity contribution in [2.24, 2.45) is 5.73 Å². The zero-order valence-corrected chi connectivity index (χ0v) is 8.12. The number of nitrogens with two attached hydrogens (primary N) is 1. The summed E-state index contributed by atoms with van der Waals surface area (Å²) in [6.45, 7) is 1.96. The number of furan rings is 1.